The summed E-state index contributed by atoms with van der Waals surface area (Å²) in [5.41, 5.74) is 1.23. The Morgan fingerprint density at radius 2 is 1.68 bits per heavy atom. The van der Waals surface area contributed by atoms with Crippen molar-refractivity contribution in [1.29, 1.82) is 0 Å². The van der Waals surface area contributed by atoms with Crippen LogP contribution in [-0.4, -0.2) is 37.7 Å². The van der Waals surface area contributed by atoms with Gasteiger partial charge in [0.15, 0.2) is 0 Å². The van der Waals surface area contributed by atoms with Crippen LogP contribution >= 0.6 is 0 Å². The van der Waals surface area contributed by atoms with E-state index in [0.29, 0.717) is 16.9 Å². The summed E-state index contributed by atoms with van der Waals surface area (Å²) < 4.78 is 6.23. The van der Waals surface area contributed by atoms with Crippen LogP contribution in [0.3, 0.4) is 0 Å². The summed E-state index contributed by atoms with van der Waals surface area (Å²) in [6.07, 6.45) is 13.9. The van der Waals surface area contributed by atoms with Crippen LogP contribution in [0.1, 0.15) is 71.6 Å². The lowest BCUT2D eigenvalue weighted by Crippen LogP contribution is -2.55. The molecule has 142 valence electrons. The van der Waals surface area contributed by atoms with Gasteiger partial charge in [0.05, 0.1) is 12.7 Å². The van der Waals surface area contributed by atoms with E-state index in [0.717, 1.165) is 42.2 Å². The topological polar surface area (TPSA) is 12.5 Å². The Hall–Kier alpha value is -0.0800. The van der Waals surface area contributed by atoms with Crippen LogP contribution in [0.2, 0.25) is 0 Å². The maximum Gasteiger partial charge on any atom is 0.0581 e. The molecular formula is C23H39NO. The minimum atomic E-state index is 0.531. The van der Waals surface area contributed by atoms with Crippen LogP contribution in [0, 0.1) is 40.4 Å². The van der Waals surface area contributed by atoms with Crippen molar-refractivity contribution in [1.82, 2.24) is 4.90 Å². The van der Waals surface area contributed by atoms with E-state index in [4.69, 9.17) is 4.74 Å². The Kier molecular flexibility index (Phi) is 3.89. The molecule has 2 heteroatoms. The van der Waals surface area contributed by atoms with E-state index in [1.165, 1.54) is 57.8 Å². The zero-order valence-corrected chi connectivity index (χ0v) is 17.0. The summed E-state index contributed by atoms with van der Waals surface area (Å²) >= 11 is 0. The monoisotopic (exact) mass is 345 g/mol. The van der Waals surface area contributed by atoms with Crippen LogP contribution in [0.15, 0.2) is 0 Å². The highest BCUT2D eigenvalue weighted by Gasteiger charge is 2.64. The van der Waals surface area contributed by atoms with E-state index >= 15 is 0 Å². The summed E-state index contributed by atoms with van der Waals surface area (Å²) in [6.45, 7) is 6.16. The maximum absolute atomic E-state index is 6.23. The molecule has 0 aromatic rings. The van der Waals surface area contributed by atoms with Gasteiger partial charge in [-0.15, -0.1) is 0 Å². The van der Waals surface area contributed by atoms with Crippen LogP contribution < -0.4 is 0 Å². The second kappa shape index (κ2) is 5.71. The van der Waals surface area contributed by atoms with Gasteiger partial charge < -0.3 is 9.64 Å². The number of rotatable bonds is 1. The van der Waals surface area contributed by atoms with Gasteiger partial charge in [-0.05, 0) is 114 Å². The first-order valence-corrected chi connectivity index (χ1v) is 11.2. The molecule has 1 spiro atoms. The molecular weight excluding hydrogens is 306 g/mol. The van der Waals surface area contributed by atoms with E-state index in [9.17, 15) is 0 Å². The third kappa shape index (κ3) is 2.22. The first-order chi connectivity index (χ1) is 12.0. The molecule has 5 fully saturated rings. The number of ether oxygens (including phenoxy) is 1. The second-order valence-electron chi connectivity index (χ2n) is 11.0. The van der Waals surface area contributed by atoms with Crippen molar-refractivity contribution in [3.05, 3.63) is 0 Å². The van der Waals surface area contributed by atoms with Crippen LogP contribution in [0.25, 0.3) is 0 Å². The third-order valence-corrected chi connectivity index (χ3v) is 10.3. The fourth-order valence-electron chi connectivity index (χ4n) is 8.95. The Morgan fingerprint density at radius 1 is 0.880 bits per heavy atom. The fraction of sp³-hybridized carbons (Fsp3) is 1.00. The lowest BCUT2D eigenvalue weighted by Gasteiger charge is -2.61. The summed E-state index contributed by atoms with van der Waals surface area (Å²) in [5.74, 6) is 4.89. The Bertz CT molecular complexity index is 532. The fourth-order valence-corrected chi connectivity index (χ4v) is 8.95. The highest BCUT2D eigenvalue weighted by Crippen LogP contribution is 2.69. The maximum atomic E-state index is 6.23. The molecule has 1 heterocycles. The van der Waals surface area contributed by atoms with Crippen molar-refractivity contribution >= 4 is 0 Å². The average molecular weight is 346 g/mol. The molecule has 9 atom stereocenters. The molecule has 0 aromatic heterocycles. The number of hydrogen-bond acceptors (Lipinski definition) is 2. The molecule has 9 unspecified atom stereocenters. The van der Waals surface area contributed by atoms with E-state index < -0.39 is 0 Å². The molecule has 4 saturated carbocycles. The molecule has 0 aromatic carbocycles. The summed E-state index contributed by atoms with van der Waals surface area (Å²) in [6, 6.07) is 0.838. The number of hydrogen-bond donors (Lipinski definition) is 0. The van der Waals surface area contributed by atoms with Gasteiger partial charge in [-0.1, -0.05) is 6.92 Å². The van der Waals surface area contributed by atoms with Crippen molar-refractivity contribution in [3.8, 4) is 0 Å². The van der Waals surface area contributed by atoms with Gasteiger partial charge in [0, 0.05) is 11.5 Å². The zero-order valence-electron chi connectivity index (χ0n) is 17.0. The Balaban J connectivity index is 1.40. The van der Waals surface area contributed by atoms with Gasteiger partial charge in [0.2, 0.25) is 0 Å². The smallest absolute Gasteiger partial charge is 0.0581 e. The molecule has 25 heavy (non-hydrogen) atoms. The summed E-state index contributed by atoms with van der Waals surface area (Å²) in [5, 5.41) is 0. The number of nitrogens with zero attached hydrogens (tertiary/aromatic N) is 1. The Morgan fingerprint density at radius 3 is 2.48 bits per heavy atom. The van der Waals surface area contributed by atoms with Crippen molar-refractivity contribution in [2.24, 2.45) is 40.4 Å². The lowest BCUT2D eigenvalue weighted by molar-refractivity contribution is -0.121. The van der Waals surface area contributed by atoms with Crippen molar-refractivity contribution in [2.45, 2.75) is 83.8 Å². The standard InChI is InChI=1S/C23H39NO/c1-15-19-7-8-21-18-6-5-16-13-17(24(3)4)9-11-22(16,2)20(18)10-12-23(19,21)14-25-15/h15-21H,5-14H2,1-4H3. The quantitative estimate of drug-likeness (QED) is 0.665. The third-order valence-electron chi connectivity index (χ3n) is 10.3. The Labute approximate surface area is 155 Å². The van der Waals surface area contributed by atoms with E-state index in [1.807, 2.05) is 0 Å². The molecule has 5 aliphatic rings. The molecule has 0 radical (unpaired) electrons. The second-order valence-corrected chi connectivity index (χ2v) is 11.0. The molecule has 2 nitrogen and oxygen atoms in total. The molecule has 1 aliphatic heterocycles. The molecule has 0 N–H and O–H groups in total. The summed E-state index contributed by atoms with van der Waals surface area (Å²) in [4.78, 5) is 2.50. The highest BCUT2D eigenvalue weighted by atomic mass is 16.5. The predicted molar refractivity (Wildman–Crippen MR) is 102 cm³/mol. The van der Waals surface area contributed by atoms with Gasteiger partial charge in [-0.3, -0.25) is 0 Å². The molecule has 1 saturated heterocycles. The van der Waals surface area contributed by atoms with Crippen molar-refractivity contribution in [3.63, 3.8) is 0 Å². The first kappa shape index (κ1) is 17.0. The molecule has 0 bridgehead atoms. The normalized spacial score (nSPS) is 57.7. The minimum absolute atomic E-state index is 0.531. The van der Waals surface area contributed by atoms with Gasteiger partial charge in [0.1, 0.15) is 0 Å². The molecule has 4 aliphatic carbocycles. The molecule has 5 rings (SSSR count). The van der Waals surface area contributed by atoms with Crippen LogP contribution in [0.4, 0.5) is 0 Å². The average Bonchev–Trinajstić information content (AvgIpc) is 3.11. The van der Waals surface area contributed by atoms with Crippen molar-refractivity contribution < 1.29 is 4.74 Å². The van der Waals surface area contributed by atoms with Gasteiger partial charge in [-0.25, -0.2) is 0 Å². The number of fused-ring (bicyclic) bond motifs is 4. The zero-order chi connectivity index (χ0) is 17.4. The SMILES string of the molecule is CC1OCC23CCC4C(CCC5CC(N(C)C)CCC54C)C2CCC13. The lowest BCUT2D eigenvalue weighted by atomic mass is 9.44. The highest BCUT2D eigenvalue weighted by molar-refractivity contribution is 5.13. The largest absolute Gasteiger partial charge is 0.378 e. The van der Waals surface area contributed by atoms with Gasteiger partial charge in [-0.2, -0.15) is 0 Å². The van der Waals surface area contributed by atoms with Crippen LogP contribution in [-0.2, 0) is 4.74 Å². The summed E-state index contributed by atoms with van der Waals surface area (Å²) in [7, 11) is 4.59. The van der Waals surface area contributed by atoms with Gasteiger partial charge >= 0.3 is 0 Å². The predicted octanol–water partition coefficient (Wildman–Crippen LogP) is 4.97. The van der Waals surface area contributed by atoms with Crippen LogP contribution in [0.5, 0.6) is 0 Å². The minimum Gasteiger partial charge on any atom is -0.378 e. The van der Waals surface area contributed by atoms with Crippen molar-refractivity contribution in [2.75, 3.05) is 20.7 Å². The van der Waals surface area contributed by atoms with E-state index in [2.05, 4.69) is 32.8 Å². The van der Waals surface area contributed by atoms with Gasteiger partial charge in [0.25, 0.3) is 0 Å². The van der Waals surface area contributed by atoms with E-state index in [-0.39, 0.29) is 0 Å². The first-order valence-electron chi connectivity index (χ1n) is 11.2. The molecule has 0 amide bonds. The van der Waals surface area contributed by atoms with E-state index in [1.54, 1.807) is 0 Å².